The lowest BCUT2D eigenvalue weighted by molar-refractivity contribution is -0.136. The molecule has 1 atom stereocenters. The van der Waals surface area contributed by atoms with Crippen LogP contribution in [0.5, 0.6) is 0 Å². The monoisotopic (exact) mass is 368 g/mol. The summed E-state index contributed by atoms with van der Waals surface area (Å²) in [7, 11) is 0. The van der Waals surface area contributed by atoms with E-state index in [0.717, 1.165) is 27.6 Å². The fraction of sp³-hybridized carbons (Fsp3) is 0.200. The van der Waals surface area contributed by atoms with Crippen LogP contribution >= 0.6 is 11.3 Å². The summed E-state index contributed by atoms with van der Waals surface area (Å²) in [6.07, 6.45) is 0.0379. The van der Waals surface area contributed by atoms with Crippen molar-refractivity contribution in [2.24, 2.45) is 0 Å². The second-order valence-electron chi connectivity index (χ2n) is 5.92. The second kappa shape index (κ2) is 8.12. The minimum atomic E-state index is -0.869. The number of thiophene rings is 1. The van der Waals surface area contributed by atoms with Gasteiger partial charge in [-0.3, -0.25) is 9.59 Å². The number of carbonyl (C=O) groups is 2. The van der Waals surface area contributed by atoms with E-state index in [-0.39, 0.29) is 6.54 Å². The third kappa shape index (κ3) is 4.09. The first-order valence-corrected chi connectivity index (χ1v) is 9.28. The zero-order valence-electron chi connectivity index (χ0n) is 14.4. The molecule has 6 heteroatoms. The molecule has 0 bridgehead atoms. The van der Waals surface area contributed by atoms with E-state index in [1.807, 2.05) is 48.7 Å². The van der Waals surface area contributed by atoms with E-state index in [9.17, 15) is 14.7 Å². The first kappa shape index (κ1) is 18.1. The molecular weight excluding hydrogens is 348 g/mol. The van der Waals surface area contributed by atoms with Gasteiger partial charge in [0.1, 0.15) is 0 Å². The highest BCUT2D eigenvalue weighted by Crippen LogP contribution is 2.29. The van der Waals surface area contributed by atoms with Crippen molar-refractivity contribution in [2.45, 2.75) is 19.4 Å². The van der Waals surface area contributed by atoms with Crippen LogP contribution in [0, 0.1) is 0 Å². The van der Waals surface area contributed by atoms with Gasteiger partial charge in [0.15, 0.2) is 0 Å². The number of carbonyl (C=O) groups excluding carboxylic acids is 2. The first-order chi connectivity index (χ1) is 12.6. The van der Waals surface area contributed by atoms with Crippen molar-refractivity contribution in [3.63, 3.8) is 0 Å². The SMILES string of the molecule is CCc1ccc(NC(=O)C(=O)NCC(O)c2csc3ccccc23)cc1. The van der Waals surface area contributed by atoms with Crippen LogP contribution in [0.15, 0.2) is 53.9 Å². The Morgan fingerprint density at radius 3 is 2.54 bits per heavy atom. The Morgan fingerprint density at radius 2 is 1.81 bits per heavy atom. The number of hydrogen-bond donors (Lipinski definition) is 3. The maximum Gasteiger partial charge on any atom is 0.313 e. The number of aliphatic hydroxyl groups excluding tert-OH is 1. The minimum Gasteiger partial charge on any atom is -0.387 e. The van der Waals surface area contributed by atoms with E-state index in [4.69, 9.17) is 0 Å². The largest absolute Gasteiger partial charge is 0.387 e. The number of fused-ring (bicyclic) bond motifs is 1. The quantitative estimate of drug-likeness (QED) is 0.605. The molecule has 2 amide bonds. The molecule has 2 aromatic carbocycles. The lowest BCUT2D eigenvalue weighted by Gasteiger charge is -2.12. The van der Waals surface area contributed by atoms with Gasteiger partial charge in [0.2, 0.25) is 0 Å². The van der Waals surface area contributed by atoms with Crippen molar-refractivity contribution in [1.82, 2.24) is 5.32 Å². The van der Waals surface area contributed by atoms with Crippen LogP contribution in [0.3, 0.4) is 0 Å². The van der Waals surface area contributed by atoms with Gasteiger partial charge in [0, 0.05) is 22.5 Å². The highest BCUT2D eigenvalue weighted by Gasteiger charge is 2.18. The summed E-state index contributed by atoms with van der Waals surface area (Å²) in [4.78, 5) is 24.0. The maximum absolute atomic E-state index is 12.0. The fourth-order valence-electron chi connectivity index (χ4n) is 2.65. The van der Waals surface area contributed by atoms with Crippen molar-refractivity contribution < 1.29 is 14.7 Å². The standard InChI is InChI=1S/C20H20N2O3S/c1-2-13-7-9-14(10-8-13)22-20(25)19(24)21-11-17(23)16-12-26-18-6-4-3-5-15(16)18/h3-10,12,17,23H,2,11H2,1H3,(H,21,24)(H,22,25). The summed E-state index contributed by atoms with van der Waals surface area (Å²) in [6.45, 7) is 2.02. The molecule has 3 rings (SSSR count). The maximum atomic E-state index is 12.0. The van der Waals surface area contributed by atoms with Crippen LogP contribution < -0.4 is 10.6 Å². The molecule has 0 aliphatic heterocycles. The van der Waals surface area contributed by atoms with Gasteiger partial charge in [0.25, 0.3) is 0 Å². The molecule has 1 unspecified atom stereocenters. The number of aryl methyl sites for hydroxylation is 1. The number of amides is 2. The Hall–Kier alpha value is -2.70. The lowest BCUT2D eigenvalue weighted by atomic mass is 10.1. The van der Waals surface area contributed by atoms with Gasteiger partial charge < -0.3 is 15.7 Å². The van der Waals surface area contributed by atoms with Crippen LogP contribution in [-0.4, -0.2) is 23.5 Å². The molecule has 0 aliphatic carbocycles. The van der Waals surface area contributed by atoms with Crippen molar-refractivity contribution in [2.75, 3.05) is 11.9 Å². The molecule has 3 N–H and O–H groups in total. The van der Waals surface area contributed by atoms with Gasteiger partial charge in [-0.05, 0) is 40.9 Å². The number of nitrogens with one attached hydrogen (secondary N) is 2. The number of hydrogen-bond acceptors (Lipinski definition) is 4. The summed E-state index contributed by atoms with van der Waals surface area (Å²) in [6, 6.07) is 15.1. The average molecular weight is 368 g/mol. The number of aliphatic hydroxyl groups is 1. The molecule has 1 heterocycles. The van der Waals surface area contributed by atoms with Gasteiger partial charge in [-0.2, -0.15) is 0 Å². The van der Waals surface area contributed by atoms with Crippen molar-refractivity contribution in [3.05, 3.63) is 65.0 Å². The Balaban J connectivity index is 1.56. The van der Waals surface area contributed by atoms with Crippen molar-refractivity contribution in [1.29, 1.82) is 0 Å². The van der Waals surface area contributed by atoms with E-state index in [0.29, 0.717) is 5.69 Å². The average Bonchev–Trinajstić information content (AvgIpc) is 3.10. The van der Waals surface area contributed by atoms with Gasteiger partial charge >= 0.3 is 11.8 Å². The number of rotatable bonds is 5. The smallest absolute Gasteiger partial charge is 0.313 e. The molecule has 1 aromatic heterocycles. The van der Waals surface area contributed by atoms with E-state index in [2.05, 4.69) is 10.6 Å². The molecule has 0 fully saturated rings. The number of anilines is 1. The van der Waals surface area contributed by atoms with E-state index < -0.39 is 17.9 Å². The van der Waals surface area contributed by atoms with Crippen molar-refractivity contribution >= 4 is 38.9 Å². The molecule has 0 aliphatic rings. The molecule has 0 spiro atoms. The Kier molecular flexibility index (Phi) is 5.65. The predicted molar refractivity (Wildman–Crippen MR) is 104 cm³/mol. The molecule has 3 aromatic rings. The third-order valence-corrected chi connectivity index (χ3v) is 5.13. The lowest BCUT2D eigenvalue weighted by Crippen LogP contribution is -2.37. The zero-order chi connectivity index (χ0) is 18.5. The molecule has 134 valence electrons. The summed E-state index contributed by atoms with van der Waals surface area (Å²) < 4.78 is 1.07. The summed E-state index contributed by atoms with van der Waals surface area (Å²) in [5.41, 5.74) is 2.46. The van der Waals surface area contributed by atoms with Crippen LogP contribution in [0.1, 0.15) is 24.2 Å². The Morgan fingerprint density at radius 1 is 1.08 bits per heavy atom. The molecular formula is C20H20N2O3S. The molecule has 0 saturated carbocycles. The van der Waals surface area contributed by atoms with Gasteiger partial charge in [-0.25, -0.2) is 0 Å². The van der Waals surface area contributed by atoms with E-state index >= 15 is 0 Å². The predicted octanol–water partition coefficient (Wildman–Crippen LogP) is 3.25. The van der Waals surface area contributed by atoms with Crippen LogP contribution in [0.25, 0.3) is 10.1 Å². The van der Waals surface area contributed by atoms with Gasteiger partial charge in [0.05, 0.1) is 6.10 Å². The summed E-state index contributed by atoms with van der Waals surface area (Å²) >= 11 is 1.54. The third-order valence-electron chi connectivity index (χ3n) is 4.15. The molecule has 0 radical (unpaired) electrons. The van der Waals surface area contributed by atoms with E-state index in [1.54, 1.807) is 12.1 Å². The molecule has 5 nitrogen and oxygen atoms in total. The topological polar surface area (TPSA) is 78.4 Å². The Labute approximate surface area is 155 Å². The number of benzene rings is 2. The van der Waals surface area contributed by atoms with Gasteiger partial charge in [-0.1, -0.05) is 37.3 Å². The second-order valence-corrected chi connectivity index (χ2v) is 6.83. The van der Waals surface area contributed by atoms with Crippen molar-refractivity contribution in [3.8, 4) is 0 Å². The fourth-order valence-corrected chi connectivity index (χ4v) is 3.66. The summed E-state index contributed by atoms with van der Waals surface area (Å²) in [5, 5.41) is 18.2. The molecule has 0 saturated heterocycles. The molecule has 26 heavy (non-hydrogen) atoms. The Bertz CT molecular complexity index is 918. The minimum absolute atomic E-state index is 0.0260. The van der Waals surface area contributed by atoms with Crippen LogP contribution in [0.2, 0.25) is 0 Å². The highest BCUT2D eigenvalue weighted by atomic mass is 32.1. The first-order valence-electron chi connectivity index (χ1n) is 8.40. The van der Waals surface area contributed by atoms with Crippen LogP contribution in [-0.2, 0) is 16.0 Å². The highest BCUT2D eigenvalue weighted by molar-refractivity contribution is 7.17. The normalized spacial score (nSPS) is 11.9. The van der Waals surface area contributed by atoms with Crippen LogP contribution in [0.4, 0.5) is 5.69 Å². The van der Waals surface area contributed by atoms with E-state index in [1.165, 1.54) is 11.3 Å². The zero-order valence-corrected chi connectivity index (χ0v) is 15.2. The summed E-state index contributed by atoms with van der Waals surface area (Å²) in [5.74, 6) is -1.53. The van der Waals surface area contributed by atoms with Gasteiger partial charge in [-0.15, -0.1) is 11.3 Å².